The number of azide groups is 1. The molecule has 0 unspecified atom stereocenters. The van der Waals surface area contributed by atoms with Gasteiger partial charge in [0.2, 0.25) is 0 Å². The highest BCUT2D eigenvalue weighted by atomic mass is 16.6. The van der Waals surface area contributed by atoms with E-state index in [2.05, 4.69) is 14.8 Å². The molecule has 17 heavy (non-hydrogen) atoms. The molecule has 0 aliphatic heterocycles. The summed E-state index contributed by atoms with van der Waals surface area (Å²) in [6, 6.07) is 8.02. The summed E-state index contributed by atoms with van der Waals surface area (Å²) in [4.78, 5) is 24.6. The van der Waals surface area contributed by atoms with E-state index < -0.39 is 24.6 Å². The summed E-state index contributed by atoms with van der Waals surface area (Å²) in [7, 11) is 0. The Bertz CT molecular complexity index is 454. The van der Waals surface area contributed by atoms with Gasteiger partial charge in [0.1, 0.15) is 6.54 Å². The highest BCUT2D eigenvalue weighted by Crippen LogP contribution is 2.13. The van der Waals surface area contributed by atoms with Gasteiger partial charge in [-0.15, -0.1) is 0 Å². The lowest BCUT2D eigenvalue weighted by Gasteiger charge is -2.08. The highest BCUT2D eigenvalue weighted by Gasteiger charge is 2.21. The first-order valence-corrected chi connectivity index (χ1v) is 4.63. The van der Waals surface area contributed by atoms with Crippen LogP contribution in [0.3, 0.4) is 0 Å². The Labute approximate surface area is 96.3 Å². The van der Waals surface area contributed by atoms with Gasteiger partial charge >= 0.3 is 11.9 Å². The molecule has 1 aromatic carbocycles. The second-order valence-electron chi connectivity index (χ2n) is 3.00. The molecule has 1 atom stereocenters. The van der Waals surface area contributed by atoms with Crippen molar-refractivity contribution in [1.29, 1.82) is 0 Å². The lowest BCUT2D eigenvalue weighted by atomic mass is 10.1. The Balaban J connectivity index is 2.59. The molecule has 0 heterocycles. The van der Waals surface area contributed by atoms with E-state index in [0.717, 1.165) is 0 Å². The van der Waals surface area contributed by atoms with Gasteiger partial charge in [0.05, 0.1) is 0 Å². The number of carbonyl (C=O) groups is 2. The number of hydrogen-bond acceptors (Lipinski definition) is 5. The van der Waals surface area contributed by atoms with Gasteiger partial charge in [-0.25, -0.2) is 4.79 Å². The monoisotopic (exact) mass is 235 g/mol. The van der Waals surface area contributed by atoms with E-state index in [1.807, 2.05) is 0 Å². The predicted octanol–water partition coefficient (Wildman–Crippen LogP) is 1.10. The molecule has 1 rings (SSSR count). The van der Waals surface area contributed by atoms with Crippen LogP contribution < -0.4 is 0 Å². The maximum Gasteiger partial charge on any atom is 0.347 e. The average molecular weight is 235 g/mol. The summed E-state index contributed by atoms with van der Waals surface area (Å²) in [5.74, 6) is -2.11. The van der Waals surface area contributed by atoms with E-state index in [4.69, 9.17) is 5.53 Å². The number of aliphatic hydroxyl groups excluding tert-OH is 1. The fraction of sp³-hybridized carbons (Fsp3) is 0.200. The fourth-order valence-corrected chi connectivity index (χ4v) is 1.06. The standard InChI is InChI=1S/C10H9N3O4/c11-13-12-6-8(14)17-10(16)9(15)7-4-2-1-3-5-7/h1-5,9,15H,6H2/t9-/m1/s1. The molecule has 0 radical (unpaired) electrons. The quantitative estimate of drug-likeness (QED) is 0.277. The number of nitrogens with zero attached hydrogens (tertiary/aromatic N) is 3. The smallest absolute Gasteiger partial charge is 0.347 e. The molecule has 1 N–H and O–H groups in total. The van der Waals surface area contributed by atoms with E-state index in [1.54, 1.807) is 18.2 Å². The van der Waals surface area contributed by atoms with Crippen molar-refractivity contribution in [3.8, 4) is 0 Å². The van der Waals surface area contributed by atoms with Crippen molar-refractivity contribution in [2.75, 3.05) is 6.54 Å². The molecule has 0 aliphatic carbocycles. The first-order chi connectivity index (χ1) is 8.15. The van der Waals surface area contributed by atoms with Gasteiger partial charge in [-0.2, -0.15) is 0 Å². The van der Waals surface area contributed by atoms with Crippen LogP contribution in [0.2, 0.25) is 0 Å². The maximum absolute atomic E-state index is 11.3. The van der Waals surface area contributed by atoms with Crippen molar-refractivity contribution in [2.45, 2.75) is 6.10 Å². The van der Waals surface area contributed by atoms with Crippen molar-refractivity contribution in [1.82, 2.24) is 0 Å². The van der Waals surface area contributed by atoms with Gasteiger partial charge in [0.15, 0.2) is 6.10 Å². The molecule has 0 saturated heterocycles. The molecule has 0 fully saturated rings. The van der Waals surface area contributed by atoms with Crippen molar-refractivity contribution < 1.29 is 19.4 Å². The topological polar surface area (TPSA) is 112 Å². The summed E-state index contributed by atoms with van der Waals surface area (Å²) >= 11 is 0. The lowest BCUT2D eigenvalue weighted by molar-refractivity contribution is -0.165. The van der Waals surface area contributed by atoms with E-state index in [1.165, 1.54) is 12.1 Å². The van der Waals surface area contributed by atoms with Gasteiger partial charge in [-0.3, -0.25) is 4.79 Å². The summed E-state index contributed by atoms with van der Waals surface area (Å²) < 4.78 is 4.28. The zero-order chi connectivity index (χ0) is 12.7. The molecule has 88 valence electrons. The molecule has 0 spiro atoms. The zero-order valence-electron chi connectivity index (χ0n) is 8.68. The van der Waals surface area contributed by atoms with Crippen LogP contribution in [0, 0.1) is 0 Å². The maximum atomic E-state index is 11.3. The first-order valence-electron chi connectivity index (χ1n) is 4.63. The van der Waals surface area contributed by atoms with Crippen LogP contribution in [0.4, 0.5) is 0 Å². The first kappa shape index (κ1) is 12.7. The third kappa shape index (κ3) is 3.94. The third-order valence-electron chi connectivity index (χ3n) is 1.82. The molecule has 1 aromatic rings. The second kappa shape index (κ2) is 6.26. The SMILES string of the molecule is [N-]=[N+]=NCC(=O)OC(=O)[C@H](O)c1ccccc1. The molecule has 7 heteroatoms. The largest absolute Gasteiger partial charge is 0.391 e. The molecule has 0 bridgehead atoms. The molecule has 0 saturated carbocycles. The van der Waals surface area contributed by atoms with Crippen LogP contribution in [0.1, 0.15) is 11.7 Å². The molecule has 0 aliphatic rings. The van der Waals surface area contributed by atoms with E-state index >= 15 is 0 Å². The number of esters is 2. The minimum Gasteiger partial charge on any atom is -0.391 e. The average Bonchev–Trinajstić information content (AvgIpc) is 2.36. The Morgan fingerprint density at radius 1 is 1.41 bits per heavy atom. The van der Waals surface area contributed by atoms with Crippen LogP contribution in [0.5, 0.6) is 0 Å². The van der Waals surface area contributed by atoms with Crippen molar-refractivity contribution in [2.24, 2.45) is 5.11 Å². The second-order valence-corrected chi connectivity index (χ2v) is 3.00. The van der Waals surface area contributed by atoms with Crippen LogP contribution in [0.25, 0.3) is 10.4 Å². The summed E-state index contributed by atoms with van der Waals surface area (Å²) in [5.41, 5.74) is 8.27. The van der Waals surface area contributed by atoms with Crippen molar-refractivity contribution in [3.63, 3.8) is 0 Å². The van der Waals surface area contributed by atoms with Crippen LogP contribution in [-0.2, 0) is 14.3 Å². The van der Waals surface area contributed by atoms with Crippen LogP contribution in [-0.4, -0.2) is 23.6 Å². The number of carbonyl (C=O) groups excluding carboxylic acids is 2. The number of ether oxygens (including phenoxy) is 1. The summed E-state index contributed by atoms with van der Waals surface area (Å²) in [6.07, 6.45) is -1.54. The minimum absolute atomic E-state index is 0.314. The van der Waals surface area contributed by atoms with Gasteiger partial charge in [-0.1, -0.05) is 35.4 Å². The Kier molecular flexibility index (Phi) is 4.68. The molecule has 0 aromatic heterocycles. The van der Waals surface area contributed by atoms with E-state index in [0.29, 0.717) is 5.56 Å². The molecular formula is C10H9N3O4. The van der Waals surface area contributed by atoms with E-state index in [-0.39, 0.29) is 0 Å². The fourth-order valence-electron chi connectivity index (χ4n) is 1.06. The number of benzene rings is 1. The third-order valence-corrected chi connectivity index (χ3v) is 1.82. The Hall–Kier alpha value is -2.37. The summed E-state index contributed by atoms with van der Waals surface area (Å²) in [6.45, 7) is -0.594. The van der Waals surface area contributed by atoms with Gasteiger partial charge in [0.25, 0.3) is 0 Å². The normalized spacial score (nSPS) is 11.1. The van der Waals surface area contributed by atoms with Crippen molar-refractivity contribution in [3.05, 3.63) is 46.3 Å². The molecule has 0 amide bonds. The predicted molar refractivity (Wildman–Crippen MR) is 56.5 cm³/mol. The number of aliphatic hydroxyl groups is 1. The number of rotatable bonds is 4. The zero-order valence-corrected chi connectivity index (χ0v) is 8.68. The summed E-state index contributed by atoms with van der Waals surface area (Å²) in [5, 5.41) is 12.5. The number of hydrogen-bond donors (Lipinski definition) is 1. The van der Waals surface area contributed by atoms with Crippen LogP contribution >= 0.6 is 0 Å². The van der Waals surface area contributed by atoms with Crippen molar-refractivity contribution >= 4 is 11.9 Å². The molecule has 7 nitrogen and oxygen atoms in total. The van der Waals surface area contributed by atoms with Gasteiger partial charge in [-0.05, 0) is 11.1 Å². The Morgan fingerprint density at radius 3 is 2.65 bits per heavy atom. The minimum atomic E-state index is -1.54. The molecular weight excluding hydrogens is 226 g/mol. The lowest BCUT2D eigenvalue weighted by Crippen LogP contribution is -2.20. The van der Waals surface area contributed by atoms with E-state index in [9.17, 15) is 14.7 Å². The van der Waals surface area contributed by atoms with Gasteiger partial charge < -0.3 is 9.84 Å². The Morgan fingerprint density at radius 2 is 2.06 bits per heavy atom. The van der Waals surface area contributed by atoms with Crippen LogP contribution in [0.15, 0.2) is 35.4 Å². The van der Waals surface area contributed by atoms with Gasteiger partial charge in [0, 0.05) is 4.91 Å². The highest BCUT2D eigenvalue weighted by molar-refractivity contribution is 5.89.